The van der Waals surface area contributed by atoms with Crippen LogP contribution in [0.15, 0.2) is 22.7 Å². The zero-order chi connectivity index (χ0) is 12.1. The Morgan fingerprint density at radius 2 is 2.31 bits per heavy atom. The highest BCUT2D eigenvalue weighted by atomic mass is 79.9. The third-order valence-electron chi connectivity index (χ3n) is 2.24. The van der Waals surface area contributed by atoms with Crippen LogP contribution in [0.25, 0.3) is 0 Å². The van der Waals surface area contributed by atoms with Crippen molar-refractivity contribution >= 4 is 33.3 Å². The molecule has 0 fully saturated rings. The van der Waals surface area contributed by atoms with Crippen LogP contribution in [0.5, 0.6) is 0 Å². The molecule has 0 aliphatic rings. The van der Waals surface area contributed by atoms with Crippen molar-refractivity contribution in [2.75, 3.05) is 0 Å². The zero-order valence-electron chi connectivity index (χ0n) is 8.84. The van der Waals surface area contributed by atoms with Crippen LogP contribution in [0.1, 0.15) is 30.1 Å². The lowest BCUT2D eigenvalue weighted by atomic mass is 9.95. The van der Waals surface area contributed by atoms with Gasteiger partial charge in [-0.15, -0.1) is 0 Å². The number of rotatable bonds is 4. The van der Waals surface area contributed by atoms with Crippen molar-refractivity contribution in [2.24, 2.45) is 5.92 Å². The van der Waals surface area contributed by atoms with Gasteiger partial charge >= 0.3 is 0 Å². The maximum atomic E-state index is 12.0. The standard InChI is InChI=1S/C12H11BrClNO/c1-2-3-8(7-15)12(16)10-6-9(13)4-5-11(10)14/h4-6,8H,2-3H2,1H3. The predicted molar refractivity (Wildman–Crippen MR) is 67.5 cm³/mol. The van der Waals surface area contributed by atoms with Gasteiger partial charge in [0.1, 0.15) is 5.92 Å². The van der Waals surface area contributed by atoms with Gasteiger partial charge in [0, 0.05) is 10.0 Å². The molecule has 2 nitrogen and oxygen atoms in total. The summed E-state index contributed by atoms with van der Waals surface area (Å²) in [6.45, 7) is 1.94. The molecule has 0 aliphatic carbocycles. The van der Waals surface area contributed by atoms with E-state index in [0.29, 0.717) is 17.0 Å². The van der Waals surface area contributed by atoms with Crippen LogP contribution >= 0.6 is 27.5 Å². The average molecular weight is 301 g/mol. The largest absolute Gasteiger partial charge is 0.293 e. The lowest BCUT2D eigenvalue weighted by Crippen LogP contribution is -2.13. The molecule has 1 unspecified atom stereocenters. The molecule has 0 heterocycles. The van der Waals surface area contributed by atoms with Crippen LogP contribution in [0.4, 0.5) is 0 Å². The molecule has 16 heavy (non-hydrogen) atoms. The molecule has 0 saturated heterocycles. The smallest absolute Gasteiger partial charge is 0.181 e. The van der Waals surface area contributed by atoms with Crippen molar-refractivity contribution in [3.05, 3.63) is 33.3 Å². The fourth-order valence-corrected chi connectivity index (χ4v) is 1.99. The number of halogens is 2. The highest BCUT2D eigenvalue weighted by molar-refractivity contribution is 9.10. The van der Waals surface area contributed by atoms with Crippen LogP contribution in [-0.2, 0) is 0 Å². The third kappa shape index (κ3) is 3.07. The number of carbonyl (C=O) groups excluding carboxylic acids is 1. The normalized spacial score (nSPS) is 11.9. The van der Waals surface area contributed by atoms with E-state index < -0.39 is 5.92 Å². The van der Waals surface area contributed by atoms with E-state index in [-0.39, 0.29) is 5.78 Å². The van der Waals surface area contributed by atoms with Crippen molar-refractivity contribution in [2.45, 2.75) is 19.8 Å². The molecular weight excluding hydrogens is 289 g/mol. The molecule has 0 radical (unpaired) electrons. The highest BCUT2D eigenvalue weighted by Crippen LogP contribution is 2.24. The van der Waals surface area contributed by atoms with Gasteiger partial charge in [0.05, 0.1) is 11.1 Å². The molecular formula is C12H11BrClNO. The SMILES string of the molecule is CCCC(C#N)C(=O)c1cc(Br)ccc1Cl. The summed E-state index contributed by atoms with van der Waals surface area (Å²) in [5, 5.41) is 9.32. The molecule has 1 aromatic carbocycles. The Balaban J connectivity index is 3.04. The Kier molecular flexibility index (Phi) is 4.98. The van der Waals surface area contributed by atoms with Gasteiger partial charge in [0.25, 0.3) is 0 Å². The van der Waals surface area contributed by atoms with Gasteiger partial charge in [0.2, 0.25) is 0 Å². The molecule has 4 heteroatoms. The molecule has 0 aromatic heterocycles. The number of nitriles is 1. The van der Waals surface area contributed by atoms with Gasteiger partial charge < -0.3 is 0 Å². The summed E-state index contributed by atoms with van der Waals surface area (Å²) in [6.07, 6.45) is 1.37. The second-order valence-electron chi connectivity index (χ2n) is 3.46. The number of hydrogen-bond donors (Lipinski definition) is 0. The van der Waals surface area contributed by atoms with Gasteiger partial charge in [-0.2, -0.15) is 5.26 Å². The summed E-state index contributed by atoms with van der Waals surface area (Å²) in [5.41, 5.74) is 0.413. The summed E-state index contributed by atoms with van der Waals surface area (Å²) in [5.74, 6) is -0.799. The first-order valence-electron chi connectivity index (χ1n) is 4.99. The van der Waals surface area contributed by atoms with E-state index in [1.54, 1.807) is 18.2 Å². The molecule has 1 atom stereocenters. The van der Waals surface area contributed by atoms with Crippen LogP contribution in [0.3, 0.4) is 0 Å². The second-order valence-corrected chi connectivity index (χ2v) is 4.78. The van der Waals surface area contributed by atoms with E-state index in [2.05, 4.69) is 15.9 Å². The topological polar surface area (TPSA) is 40.9 Å². The number of Topliss-reactive ketones (excluding diaryl/α,β-unsaturated/α-hetero) is 1. The number of nitrogens with zero attached hydrogens (tertiary/aromatic N) is 1. The summed E-state index contributed by atoms with van der Waals surface area (Å²) < 4.78 is 0.786. The van der Waals surface area contributed by atoms with Crippen molar-refractivity contribution in [3.63, 3.8) is 0 Å². The maximum Gasteiger partial charge on any atom is 0.181 e. The molecule has 0 bridgehead atoms. The molecule has 1 rings (SSSR count). The average Bonchev–Trinajstić information content (AvgIpc) is 2.28. The van der Waals surface area contributed by atoms with E-state index in [9.17, 15) is 4.79 Å². The van der Waals surface area contributed by atoms with Crippen molar-refractivity contribution in [3.8, 4) is 6.07 Å². The van der Waals surface area contributed by atoms with Gasteiger partial charge in [-0.1, -0.05) is 40.9 Å². The monoisotopic (exact) mass is 299 g/mol. The minimum absolute atomic E-state index is 0.198. The number of ketones is 1. The number of hydrogen-bond acceptors (Lipinski definition) is 2. The van der Waals surface area contributed by atoms with Gasteiger partial charge in [-0.05, 0) is 24.6 Å². The quantitative estimate of drug-likeness (QED) is 0.781. The Bertz CT molecular complexity index is 439. The van der Waals surface area contributed by atoms with Gasteiger partial charge in [-0.25, -0.2) is 0 Å². The Hall–Kier alpha value is -0.850. The van der Waals surface area contributed by atoms with Crippen LogP contribution in [-0.4, -0.2) is 5.78 Å². The lowest BCUT2D eigenvalue weighted by molar-refractivity contribution is 0.0943. The molecule has 1 aromatic rings. The second kappa shape index (κ2) is 6.03. The number of carbonyl (C=O) groups is 1. The van der Waals surface area contributed by atoms with Crippen LogP contribution < -0.4 is 0 Å². The highest BCUT2D eigenvalue weighted by Gasteiger charge is 2.21. The van der Waals surface area contributed by atoms with Crippen molar-refractivity contribution < 1.29 is 4.79 Å². The first-order valence-corrected chi connectivity index (χ1v) is 6.16. The van der Waals surface area contributed by atoms with Crippen molar-refractivity contribution in [1.82, 2.24) is 0 Å². The van der Waals surface area contributed by atoms with Crippen LogP contribution in [0.2, 0.25) is 5.02 Å². The summed E-state index contributed by atoms with van der Waals surface area (Å²) in [7, 11) is 0. The first kappa shape index (κ1) is 13.2. The van der Waals surface area contributed by atoms with E-state index in [4.69, 9.17) is 16.9 Å². The van der Waals surface area contributed by atoms with Crippen molar-refractivity contribution in [1.29, 1.82) is 5.26 Å². The molecule has 0 N–H and O–H groups in total. The predicted octanol–water partition coefficient (Wildman–Crippen LogP) is 4.23. The molecule has 0 spiro atoms. The third-order valence-corrected chi connectivity index (χ3v) is 3.07. The minimum Gasteiger partial charge on any atom is -0.293 e. The lowest BCUT2D eigenvalue weighted by Gasteiger charge is -2.08. The maximum absolute atomic E-state index is 12.0. The van der Waals surface area contributed by atoms with Gasteiger partial charge in [0.15, 0.2) is 5.78 Å². The summed E-state index contributed by atoms with van der Waals surface area (Å²) in [6, 6.07) is 7.10. The zero-order valence-corrected chi connectivity index (χ0v) is 11.2. The first-order chi connectivity index (χ1) is 7.60. The van der Waals surface area contributed by atoms with E-state index in [1.807, 2.05) is 13.0 Å². The Morgan fingerprint density at radius 3 is 2.88 bits per heavy atom. The van der Waals surface area contributed by atoms with E-state index in [1.165, 1.54) is 0 Å². The Labute approximate surface area is 108 Å². The number of benzene rings is 1. The van der Waals surface area contributed by atoms with E-state index >= 15 is 0 Å². The van der Waals surface area contributed by atoms with Crippen LogP contribution in [0, 0.1) is 17.2 Å². The fraction of sp³-hybridized carbons (Fsp3) is 0.333. The molecule has 0 amide bonds. The Morgan fingerprint density at radius 1 is 1.62 bits per heavy atom. The molecule has 84 valence electrons. The summed E-state index contributed by atoms with van der Waals surface area (Å²) in [4.78, 5) is 12.0. The minimum atomic E-state index is -0.600. The fourth-order valence-electron chi connectivity index (χ4n) is 1.42. The van der Waals surface area contributed by atoms with Gasteiger partial charge in [-0.3, -0.25) is 4.79 Å². The van der Waals surface area contributed by atoms with E-state index in [0.717, 1.165) is 10.9 Å². The summed E-state index contributed by atoms with van der Waals surface area (Å²) >= 11 is 9.22. The molecule has 0 saturated carbocycles. The molecule has 0 aliphatic heterocycles.